The van der Waals surface area contributed by atoms with Crippen molar-refractivity contribution in [2.45, 2.75) is 39.5 Å². The molecule has 0 saturated carbocycles. The fourth-order valence-electron chi connectivity index (χ4n) is 1.91. The molecule has 1 unspecified atom stereocenters. The summed E-state index contributed by atoms with van der Waals surface area (Å²) in [5.74, 6) is 0.542. The van der Waals surface area contributed by atoms with Gasteiger partial charge in [0, 0.05) is 17.1 Å². The number of unbranched alkanes of at least 4 members (excludes halogenated alkanes) is 1. The van der Waals surface area contributed by atoms with Crippen molar-refractivity contribution in [3.8, 4) is 0 Å². The van der Waals surface area contributed by atoms with Gasteiger partial charge in [0.1, 0.15) is 0 Å². The maximum Gasteiger partial charge on any atom is 0.251 e. The number of hydrogen-bond acceptors (Lipinski definition) is 1. The molecule has 0 saturated heterocycles. The maximum absolute atomic E-state index is 11.9. The molecule has 0 radical (unpaired) electrons. The van der Waals surface area contributed by atoms with Crippen LogP contribution in [0.15, 0.2) is 24.3 Å². The highest BCUT2D eigenvalue weighted by atomic mass is 35.5. The first-order chi connectivity index (χ1) is 8.67. The number of halogens is 1. The minimum atomic E-state index is -0.0348. The summed E-state index contributed by atoms with van der Waals surface area (Å²) in [6, 6.07) is 7.05. The van der Waals surface area contributed by atoms with Gasteiger partial charge >= 0.3 is 0 Å². The maximum atomic E-state index is 11.9. The van der Waals surface area contributed by atoms with Crippen molar-refractivity contribution in [3.63, 3.8) is 0 Å². The first-order valence-electron chi connectivity index (χ1n) is 6.71. The molecule has 18 heavy (non-hydrogen) atoms. The van der Waals surface area contributed by atoms with Gasteiger partial charge in [0.25, 0.3) is 5.91 Å². The van der Waals surface area contributed by atoms with Gasteiger partial charge < -0.3 is 5.32 Å². The lowest BCUT2D eigenvalue weighted by Gasteiger charge is -2.15. The van der Waals surface area contributed by atoms with Crippen LogP contribution in [0.25, 0.3) is 0 Å². The Morgan fingerprint density at radius 1 is 1.39 bits per heavy atom. The number of benzene rings is 1. The first kappa shape index (κ1) is 15.0. The smallest absolute Gasteiger partial charge is 0.251 e. The highest BCUT2D eigenvalue weighted by Gasteiger charge is 2.09. The van der Waals surface area contributed by atoms with Gasteiger partial charge in [0.15, 0.2) is 0 Å². The number of carbonyl (C=O) groups is 1. The molecular weight excluding hydrogens is 246 g/mol. The van der Waals surface area contributed by atoms with Crippen LogP contribution in [0.1, 0.15) is 49.9 Å². The Kier molecular flexibility index (Phi) is 6.81. The SMILES string of the molecule is CCCCC(CC)CNC(=O)c1cccc(Cl)c1. The van der Waals surface area contributed by atoms with Crippen LogP contribution in [0.3, 0.4) is 0 Å². The van der Waals surface area contributed by atoms with Crippen molar-refractivity contribution in [1.29, 1.82) is 0 Å². The summed E-state index contributed by atoms with van der Waals surface area (Å²) < 4.78 is 0. The van der Waals surface area contributed by atoms with E-state index in [9.17, 15) is 4.79 Å². The summed E-state index contributed by atoms with van der Waals surface area (Å²) in [4.78, 5) is 11.9. The van der Waals surface area contributed by atoms with E-state index in [0.29, 0.717) is 16.5 Å². The van der Waals surface area contributed by atoms with Crippen LogP contribution in [-0.2, 0) is 0 Å². The average molecular weight is 268 g/mol. The molecular formula is C15H22ClNO. The molecule has 0 heterocycles. The zero-order valence-corrected chi connectivity index (χ0v) is 12.0. The second-order valence-corrected chi connectivity index (χ2v) is 5.07. The van der Waals surface area contributed by atoms with Crippen LogP contribution < -0.4 is 5.32 Å². The van der Waals surface area contributed by atoms with E-state index in [1.165, 1.54) is 19.3 Å². The van der Waals surface area contributed by atoms with E-state index in [-0.39, 0.29) is 5.91 Å². The molecule has 0 aromatic heterocycles. The van der Waals surface area contributed by atoms with E-state index in [0.717, 1.165) is 13.0 Å². The molecule has 2 nitrogen and oxygen atoms in total. The summed E-state index contributed by atoms with van der Waals surface area (Å²) in [5.41, 5.74) is 0.632. The fourth-order valence-corrected chi connectivity index (χ4v) is 2.10. The van der Waals surface area contributed by atoms with Gasteiger partial charge in [-0.3, -0.25) is 4.79 Å². The predicted molar refractivity (Wildman–Crippen MR) is 77.1 cm³/mol. The number of nitrogens with one attached hydrogen (secondary N) is 1. The van der Waals surface area contributed by atoms with Gasteiger partial charge in [-0.1, -0.05) is 50.8 Å². The van der Waals surface area contributed by atoms with Gasteiger partial charge in [-0.15, -0.1) is 0 Å². The van der Waals surface area contributed by atoms with E-state index in [4.69, 9.17) is 11.6 Å². The minimum absolute atomic E-state index is 0.0348. The molecule has 0 aliphatic rings. The van der Waals surface area contributed by atoms with Gasteiger partial charge in [0.05, 0.1) is 0 Å². The van der Waals surface area contributed by atoms with Crippen molar-refractivity contribution in [3.05, 3.63) is 34.9 Å². The Balaban J connectivity index is 2.44. The minimum Gasteiger partial charge on any atom is -0.352 e. The normalized spacial score (nSPS) is 12.2. The third-order valence-corrected chi connectivity index (χ3v) is 3.42. The van der Waals surface area contributed by atoms with Crippen LogP contribution >= 0.6 is 11.6 Å². The van der Waals surface area contributed by atoms with E-state index in [1.54, 1.807) is 24.3 Å². The van der Waals surface area contributed by atoms with E-state index < -0.39 is 0 Å². The average Bonchev–Trinajstić information content (AvgIpc) is 2.38. The van der Waals surface area contributed by atoms with Crippen molar-refractivity contribution in [2.24, 2.45) is 5.92 Å². The lowest BCUT2D eigenvalue weighted by Crippen LogP contribution is -2.29. The quantitative estimate of drug-likeness (QED) is 0.785. The lowest BCUT2D eigenvalue weighted by atomic mass is 9.99. The van der Waals surface area contributed by atoms with E-state index in [1.807, 2.05) is 0 Å². The Bertz CT molecular complexity index is 379. The molecule has 0 spiro atoms. The lowest BCUT2D eigenvalue weighted by molar-refractivity contribution is 0.0946. The molecule has 1 amide bonds. The van der Waals surface area contributed by atoms with E-state index in [2.05, 4.69) is 19.2 Å². The number of amides is 1. The predicted octanol–water partition coefficient (Wildman–Crippen LogP) is 4.29. The van der Waals surface area contributed by atoms with Crippen molar-refractivity contribution < 1.29 is 4.79 Å². The molecule has 1 rings (SSSR count). The third-order valence-electron chi connectivity index (χ3n) is 3.18. The van der Waals surface area contributed by atoms with Gasteiger partial charge in [0.2, 0.25) is 0 Å². The number of carbonyl (C=O) groups excluding carboxylic acids is 1. The number of hydrogen-bond donors (Lipinski definition) is 1. The summed E-state index contributed by atoms with van der Waals surface area (Å²) in [6.07, 6.45) is 4.73. The Morgan fingerprint density at radius 3 is 2.78 bits per heavy atom. The molecule has 1 aromatic carbocycles. The first-order valence-corrected chi connectivity index (χ1v) is 7.08. The van der Waals surface area contributed by atoms with Crippen LogP contribution in [0.5, 0.6) is 0 Å². The molecule has 3 heteroatoms. The highest BCUT2D eigenvalue weighted by molar-refractivity contribution is 6.30. The number of rotatable bonds is 7. The van der Waals surface area contributed by atoms with Crippen LogP contribution in [-0.4, -0.2) is 12.5 Å². The zero-order chi connectivity index (χ0) is 13.4. The van der Waals surface area contributed by atoms with Crippen LogP contribution in [0.4, 0.5) is 0 Å². The fraction of sp³-hybridized carbons (Fsp3) is 0.533. The molecule has 0 fully saturated rings. The Hall–Kier alpha value is -1.02. The third kappa shape index (κ3) is 5.09. The highest BCUT2D eigenvalue weighted by Crippen LogP contribution is 2.13. The summed E-state index contributed by atoms with van der Waals surface area (Å²) >= 11 is 5.87. The van der Waals surface area contributed by atoms with Crippen molar-refractivity contribution in [2.75, 3.05) is 6.54 Å². The molecule has 100 valence electrons. The van der Waals surface area contributed by atoms with E-state index >= 15 is 0 Å². The topological polar surface area (TPSA) is 29.1 Å². The molecule has 0 aliphatic heterocycles. The van der Waals surface area contributed by atoms with Gasteiger partial charge in [-0.05, 0) is 30.5 Å². The van der Waals surface area contributed by atoms with Gasteiger partial charge in [-0.25, -0.2) is 0 Å². The largest absolute Gasteiger partial charge is 0.352 e. The summed E-state index contributed by atoms with van der Waals surface area (Å²) in [7, 11) is 0. The van der Waals surface area contributed by atoms with Crippen LogP contribution in [0, 0.1) is 5.92 Å². The standard InChI is InChI=1S/C15H22ClNO/c1-3-5-7-12(4-2)11-17-15(18)13-8-6-9-14(16)10-13/h6,8-10,12H,3-5,7,11H2,1-2H3,(H,17,18). The zero-order valence-electron chi connectivity index (χ0n) is 11.2. The summed E-state index contributed by atoms with van der Waals surface area (Å²) in [6.45, 7) is 5.12. The van der Waals surface area contributed by atoms with Crippen LogP contribution in [0.2, 0.25) is 5.02 Å². The second kappa shape index (κ2) is 8.15. The summed E-state index contributed by atoms with van der Waals surface area (Å²) in [5, 5.41) is 3.59. The Labute approximate surface area is 115 Å². The second-order valence-electron chi connectivity index (χ2n) is 4.64. The molecule has 0 aliphatic carbocycles. The molecule has 0 bridgehead atoms. The molecule has 1 aromatic rings. The van der Waals surface area contributed by atoms with Crippen molar-refractivity contribution >= 4 is 17.5 Å². The molecule has 1 N–H and O–H groups in total. The Morgan fingerprint density at radius 2 is 2.17 bits per heavy atom. The van der Waals surface area contributed by atoms with Gasteiger partial charge in [-0.2, -0.15) is 0 Å². The van der Waals surface area contributed by atoms with Crippen molar-refractivity contribution in [1.82, 2.24) is 5.32 Å². The monoisotopic (exact) mass is 267 g/mol. The molecule has 1 atom stereocenters.